The summed E-state index contributed by atoms with van der Waals surface area (Å²) in [5, 5.41) is 3.62. The van der Waals surface area contributed by atoms with Crippen molar-refractivity contribution < 1.29 is 0 Å². The van der Waals surface area contributed by atoms with Crippen LogP contribution in [0.25, 0.3) is 0 Å². The summed E-state index contributed by atoms with van der Waals surface area (Å²) in [6, 6.07) is 0.838. The molecule has 1 atom stereocenters. The van der Waals surface area contributed by atoms with E-state index in [-0.39, 0.29) is 5.54 Å². The van der Waals surface area contributed by atoms with Gasteiger partial charge in [0.25, 0.3) is 0 Å². The van der Waals surface area contributed by atoms with Crippen LogP contribution in [0.4, 0.5) is 0 Å². The molecule has 1 fully saturated rings. The lowest BCUT2D eigenvalue weighted by Crippen LogP contribution is -2.42. The van der Waals surface area contributed by atoms with Crippen LogP contribution in [0, 0.1) is 5.92 Å². The first kappa shape index (κ1) is 16.0. The molecule has 0 amide bonds. The van der Waals surface area contributed by atoms with Crippen molar-refractivity contribution in [3.05, 3.63) is 0 Å². The molecule has 0 saturated heterocycles. The van der Waals surface area contributed by atoms with Gasteiger partial charge in [0.05, 0.1) is 0 Å². The van der Waals surface area contributed by atoms with E-state index < -0.39 is 0 Å². The lowest BCUT2D eigenvalue weighted by molar-refractivity contribution is 0.188. The molecule has 0 aliphatic heterocycles. The van der Waals surface area contributed by atoms with Gasteiger partial charge in [0.2, 0.25) is 0 Å². The molecule has 1 rings (SSSR count). The van der Waals surface area contributed by atoms with Gasteiger partial charge in [0, 0.05) is 18.1 Å². The zero-order valence-corrected chi connectivity index (χ0v) is 13.3. The third-order valence-electron chi connectivity index (χ3n) is 4.03. The number of hydrogen-bond donors (Lipinski definition) is 1. The summed E-state index contributed by atoms with van der Waals surface area (Å²) in [4.78, 5) is 2.61. The Labute approximate surface area is 115 Å². The van der Waals surface area contributed by atoms with E-state index in [4.69, 9.17) is 0 Å². The Morgan fingerprint density at radius 3 is 2.17 bits per heavy atom. The smallest absolute Gasteiger partial charge is 0.00966 e. The quantitative estimate of drug-likeness (QED) is 0.753. The Kier molecular flexibility index (Phi) is 6.65. The molecule has 1 unspecified atom stereocenters. The first-order chi connectivity index (χ1) is 8.38. The van der Waals surface area contributed by atoms with Crippen molar-refractivity contribution in [1.29, 1.82) is 0 Å². The molecule has 0 bridgehead atoms. The molecule has 0 spiro atoms. The fraction of sp³-hybridized carbons (Fsp3) is 1.00. The van der Waals surface area contributed by atoms with Crippen molar-refractivity contribution in [2.75, 3.05) is 20.1 Å². The molecule has 0 aromatic rings. The summed E-state index contributed by atoms with van der Waals surface area (Å²) in [5.74, 6) is 0.734. The Morgan fingerprint density at radius 2 is 1.67 bits per heavy atom. The number of rotatable bonds is 5. The van der Waals surface area contributed by atoms with Crippen LogP contribution in [-0.4, -0.2) is 36.6 Å². The molecule has 108 valence electrons. The summed E-state index contributed by atoms with van der Waals surface area (Å²) in [7, 11) is 2.32. The highest BCUT2D eigenvalue weighted by atomic mass is 15.1. The van der Waals surface area contributed by atoms with Crippen molar-refractivity contribution in [1.82, 2.24) is 10.2 Å². The Morgan fingerprint density at radius 1 is 1.11 bits per heavy atom. The van der Waals surface area contributed by atoms with Crippen LogP contribution in [0.1, 0.15) is 66.2 Å². The van der Waals surface area contributed by atoms with Gasteiger partial charge < -0.3 is 10.2 Å². The topological polar surface area (TPSA) is 15.3 Å². The van der Waals surface area contributed by atoms with Gasteiger partial charge in [-0.2, -0.15) is 0 Å². The summed E-state index contributed by atoms with van der Waals surface area (Å²) < 4.78 is 0. The van der Waals surface area contributed by atoms with Crippen molar-refractivity contribution in [3.63, 3.8) is 0 Å². The molecular formula is C16H34N2. The summed E-state index contributed by atoms with van der Waals surface area (Å²) >= 11 is 0. The monoisotopic (exact) mass is 254 g/mol. The lowest BCUT2D eigenvalue weighted by atomic mass is 10.0. The van der Waals surface area contributed by atoms with Crippen LogP contribution in [0.3, 0.4) is 0 Å². The second-order valence-corrected chi connectivity index (χ2v) is 7.32. The van der Waals surface area contributed by atoms with Crippen molar-refractivity contribution in [2.45, 2.75) is 77.8 Å². The van der Waals surface area contributed by atoms with Gasteiger partial charge in [-0.3, -0.25) is 0 Å². The predicted octanol–water partition coefficient (Wildman–Crippen LogP) is 3.67. The first-order valence-corrected chi connectivity index (χ1v) is 7.84. The van der Waals surface area contributed by atoms with E-state index in [9.17, 15) is 0 Å². The Bertz CT molecular complexity index is 212. The maximum absolute atomic E-state index is 3.62. The Hall–Kier alpha value is -0.0800. The molecule has 18 heavy (non-hydrogen) atoms. The SMILES string of the molecule is CC(CNC(C)(C)C)CN(C)C1CCCCCC1. The van der Waals surface area contributed by atoms with Gasteiger partial charge in [-0.15, -0.1) is 0 Å². The highest BCUT2D eigenvalue weighted by molar-refractivity contribution is 4.76. The second-order valence-electron chi connectivity index (χ2n) is 7.32. The fourth-order valence-corrected chi connectivity index (χ4v) is 2.88. The van der Waals surface area contributed by atoms with E-state index in [0.717, 1.165) is 18.5 Å². The van der Waals surface area contributed by atoms with E-state index in [1.54, 1.807) is 0 Å². The van der Waals surface area contributed by atoms with E-state index >= 15 is 0 Å². The minimum absolute atomic E-state index is 0.245. The van der Waals surface area contributed by atoms with Crippen molar-refractivity contribution in [2.24, 2.45) is 5.92 Å². The largest absolute Gasteiger partial charge is 0.312 e. The lowest BCUT2D eigenvalue weighted by Gasteiger charge is -2.31. The first-order valence-electron chi connectivity index (χ1n) is 7.84. The maximum Gasteiger partial charge on any atom is 0.00966 e. The van der Waals surface area contributed by atoms with E-state index in [2.05, 4.69) is 45.0 Å². The minimum Gasteiger partial charge on any atom is -0.312 e. The van der Waals surface area contributed by atoms with Crippen molar-refractivity contribution in [3.8, 4) is 0 Å². The van der Waals surface area contributed by atoms with E-state index in [1.807, 2.05) is 0 Å². The molecule has 2 nitrogen and oxygen atoms in total. The average Bonchev–Trinajstić information content (AvgIpc) is 2.54. The van der Waals surface area contributed by atoms with Crippen molar-refractivity contribution >= 4 is 0 Å². The van der Waals surface area contributed by atoms with Gasteiger partial charge in [0.15, 0.2) is 0 Å². The molecule has 0 aromatic carbocycles. The third-order valence-corrected chi connectivity index (χ3v) is 4.03. The predicted molar refractivity (Wildman–Crippen MR) is 81.0 cm³/mol. The highest BCUT2D eigenvalue weighted by Gasteiger charge is 2.19. The zero-order valence-electron chi connectivity index (χ0n) is 13.3. The van der Waals surface area contributed by atoms with Gasteiger partial charge >= 0.3 is 0 Å². The Balaban J connectivity index is 2.27. The molecule has 0 radical (unpaired) electrons. The molecule has 1 aliphatic carbocycles. The molecular weight excluding hydrogens is 220 g/mol. The molecule has 1 N–H and O–H groups in total. The van der Waals surface area contributed by atoms with Crippen LogP contribution < -0.4 is 5.32 Å². The summed E-state index contributed by atoms with van der Waals surface area (Å²) in [6.07, 6.45) is 8.59. The normalized spacial score (nSPS) is 21.0. The van der Waals surface area contributed by atoms with Gasteiger partial charge in [0.1, 0.15) is 0 Å². The van der Waals surface area contributed by atoms with E-state index in [0.29, 0.717) is 0 Å². The van der Waals surface area contributed by atoms with Crippen LogP contribution in [0.2, 0.25) is 0 Å². The molecule has 1 aliphatic rings. The van der Waals surface area contributed by atoms with Crippen LogP contribution >= 0.6 is 0 Å². The van der Waals surface area contributed by atoms with E-state index in [1.165, 1.54) is 45.1 Å². The molecule has 1 saturated carbocycles. The third kappa shape index (κ3) is 6.75. The standard InChI is InChI=1S/C16H34N2/c1-14(12-17-16(2,3)4)13-18(5)15-10-8-6-7-9-11-15/h14-15,17H,6-13H2,1-5H3. The molecule has 0 aromatic heterocycles. The van der Waals surface area contributed by atoms with Gasteiger partial charge in [-0.05, 0) is 53.1 Å². The fourth-order valence-electron chi connectivity index (χ4n) is 2.88. The summed E-state index contributed by atoms with van der Waals surface area (Å²) in [5.41, 5.74) is 0.245. The average molecular weight is 254 g/mol. The highest BCUT2D eigenvalue weighted by Crippen LogP contribution is 2.21. The zero-order chi connectivity index (χ0) is 13.6. The van der Waals surface area contributed by atoms with Gasteiger partial charge in [-0.1, -0.05) is 32.6 Å². The number of hydrogen-bond acceptors (Lipinski definition) is 2. The summed E-state index contributed by atoms with van der Waals surface area (Å²) in [6.45, 7) is 11.5. The van der Waals surface area contributed by atoms with Crippen LogP contribution in [0.5, 0.6) is 0 Å². The van der Waals surface area contributed by atoms with Gasteiger partial charge in [-0.25, -0.2) is 0 Å². The molecule has 0 heterocycles. The van der Waals surface area contributed by atoms with Crippen LogP contribution in [0.15, 0.2) is 0 Å². The van der Waals surface area contributed by atoms with Crippen LogP contribution in [-0.2, 0) is 0 Å². The minimum atomic E-state index is 0.245. The maximum atomic E-state index is 3.62. The number of nitrogens with one attached hydrogen (secondary N) is 1. The second kappa shape index (κ2) is 7.49. The molecule has 2 heteroatoms. The number of nitrogens with zero attached hydrogens (tertiary/aromatic N) is 1.